The van der Waals surface area contributed by atoms with Crippen LogP contribution in [0.4, 0.5) is 11.8 Å². The van der Waals surface area contributed by atoms with E-state index in [-0.39, 0.29) is 30.4 Å². The van der Waals surface area contributed by atoms with Crippen molar-refractivity contribution >= 4 is 29.5 Å². The summed E-state index contributed by atoms with van der Waals surface area (Å²) < 4.78 is 5.34. The van der Waals surface area contributed by atoms with Crippen molar-refractivity contribution in [1.29, 1.82) is 0 Å². The van der Waals surface area contributed by atoms with Crippen LogP contribution in [0.25, 0.3) is 0 Å². The summed E-state index contributed by atoms with van der Waals surface area (Å²) in [5.74, 6) is 0.0659. The van der Waals surface area contributed by atoms with Gasteiger partial charge in [0, 0.05) is 51.3 Å². The number of ether oxygens (including phenoxy) is 1. The highest BCUT2D eigenvalue weighted by Crippen LogP contribution is 2.31. The number of esters is 1. The van der Waals surface area contributed by atoms with Crippen LogP contribution in [0.15, 0.2) is 30.3 Å². The van der Waals surface area contributed by atoms with Gasteiger partial charge in [0.1, 0.15) is 11.5 Å². The largest absolute Gasteiger partial charge is 0.465 e. The molecule has 2 amide bonds. The Morgan fingerprint density at radius 2 is 1.78 bits per heavy atom. The number of piperazine rings is 1. The molecular weight excluding hydrogens is 460 g/mol. The second-order valence-electron chi connectivity index (χ2n) is 9.32. The first-order valence-electron chi connectivity index (χ1n) is 12.5. The molecule has 1 atom stereocenters. The number of rotatable bonds is 8. The van der Waals surface area contributed by atoms with Gasteiger partial charge in [-0.1, -0.05) is 30.3 Å². The fourth-order valence-electron chi connectivity index (χ4n) is 4.57. The Balaban J connectivity index is 1.64. The van der Waals surface area contributed by atoms with Crippen molar-refractivity contribution in [3.05, 3.63) is 47.2 Å². The Bertz CT molecular complexity index is 1110. The molecule has 0 aliphatic carbocycles. The highest BCUT2D eigenvalue weighted by atomic mass is 16.5. The average Bonchev–Trinajstić information content (AvgIpc) is 3.22. The number of nitrogens with zero attached hydrogens (tertiary/aromatic N) is 5. The van der Waals surface area contributed by atoms with Crippen molar-refractivity contribution in [2.45, 2.75) is 46.2 Å². The number of amides is 2. The van der Waals surface area contributed by atoms with Gasteiger partial charge in [0.05, 0.1) is 19.1 Å². The molecule has 1 saturated heterocycles. The molecule has 192 valence electrons. The van der Waals surface area contributed by atoms with Gasteiger partial charge in [-0.15, -0.1) is 0 Å². The fourth-order valence-corrected chi connectivity index (χ4v) is 4.57. The maximum Gasteiger partial charge on any atom is 0.315 e. The molecule has 0 saturated carbocycles. The molecule has 1 aromatic carbocycles. The van der Waals surface area contributed by atoms with Crippen LogP contribution in [0.1, 0.15) is 55.2 Å². The molecule has 2 aromatic rings. The molecule has 0 spiro atoms. The van der Waals surface area contributed by atoms with Crippen LogP contribution >= 0.6 is 0 Å². The van der Waals surface area contributed by atoms with E-state index in [1.165, 1.54) is 0 Å². The molecule has 2 aliphatic heterocycles. The van der Waals surface area contributed by atoms with Gasteiger partial charge in [-0.2, -0.15) is 4.98 Å². The summed E-state index contributed by atoms with van der Waals surface area (Å²) in [5, 5.41) is 3.35. The lowest BCUT2D eigenvalue weighted by atomic mass is 9.99. The number of fused-ring (bicyclic) bond motifs is 1. The first-order valence-corrected chi connectivity index (χ1v) is 12.5. The van der Waals surface area contributed by atoms with E-state index in [9.17, 15) is 14.4 Å². The predicted octanol–water partition coefficient (Wildman–Crippen LogP) is 2.27. The van der Waals surface area contributed by atoms with Crippen molar-refractivity contribution in [2.24, 2.45) is 0 Å². The highest BCUT2D eigenvalue weighted by molar-refractivity contribution is 5.98. The van der Waals surface area contributed by atoms with Crippen molar-refractivity contribution in [3.8, 4) is 0 Å². The second kappa shape index (κ2) is 10.9. The van der Waals surface area contributed by atoms with Crippen LogP contribution in [0.2, 0.25) is 0 Å². The number of hydrogen-bond donors (Lipinski definition) is 1. The van der Waals surface area contributed by atoms with Crippen molar-refractivity contribution in [2.75, 3.05) is 49.5 Å². The Hall–Kier alpha value is -3.69. The summed E-state index contributed by atoms with van der Waals surface area (Å²) >= 11 is 0. The Morgan fingerprint density at radius 1 is 1.08 bits per heavy atom. The van der Waals surface area contributed by atoms with Crippen LogP contribution in [0.5, 0.6) is 0 Å². The summed E-state index contributed by atoms with van der Waals surface area (Å²) in [4.78, 5) is 52.7. The Kier molecular flexibility index (Phi) is 7.71. The number of aromatic nitrogens is 2. The molecule has 1 unspecified atom stereocenters. The standard InChI is InChI=1S/C26H34N6O4/c1-5-36-25(35)20(19-9-7-6-8-10-19)15-27-23-21-16-32(17(2)3)24(34)22(21)28-26(29-23)31-13-11-30(12-14-31)18(4)33/h6-10,17,20H,5,11-16H2,1-4H3,(H,27,28,29). The molecule has 10 heteroatoms. The third-order valence-electron chi connectivity index (χ3n) is 6.67. The lowest BCUT2D eigenvalue weighted by molar-refractivity contribution is -0.144. The molecule has 3 heterocycles. The molecule has 1 N–H and O–H groups in total. The molecular formula is C26H34N6O4. The van der Waals surface area contributed by atoms with E-state index in [1.807, 2.05) is 49.1 Å². The van der Waals surface area contributed by atoms with Crippen LogP contribution in [0.3, 0.4) is 0 Å². The summed E-state index contributed by atoms with van der Waals surface area (Å²) in [6.45, 7) is 10.6. The maximum absolute atomic E-state index is 13.2. The Morgan fingerprint density at radius 3 is 2.39 bits per heavy atom. The fraction of sp³-hybridized carbons (Fsp3) is 0.500. The van der Waals surface area contributed by atoms with E-state index in [4.69, 9.17) is 9.72 Å². The van der Waals surface area contributed by atoms with E-state index < -0.39 is 5.92 Å². The van der Waals surface area contributed by atoms with Gasteiger partial charge in [-0.05, 0) is 26.3 Å². The molecule has 1 aromatic heterocycles. The van der Waals surface area contributed by atoms with E-state index in [2.05, 4.69) is 10.3 Å². The van der Waals surface area contributed by atoms with Gasteiger partial charge in [-0.25, -0.2) is 4.98 Å². The third kappa shape index (κ3) is 5.27. The monoisotopic (exact) mass is 494 g/mol. The number of anilines is 2. The minimum absolute atomic E-state index is 0.0127. The zero-order chi connectivity index (χ0) is 25.8. The van der Waals surface area contributed by atoms with Crippen LogP contribution in [-0.2, 0) is 20.9 Å². The number of benzene rings is 1. The summed E-state index contributed by atoms with van der Waals surface area (Å²) in [7, 11) is 0. The number of hydrogen-bond acceptors (Lipinski definition) is 8. The quantitative estimate of drug-likeness (QED) is 0.557. The molecule has 0 radical (unpaired) electrons. The topological polar surface area (TPSA) is 108 Å². The van der Waals surface area contributed by atoms with Gasteiger partial charge >= 0.3 is 5.97 Å². The van der Waals surface area contributed by atoms with Crippen molar-refractivity contribution in [3.63, 3.8) is 0 Å². The van der Waals surface area contributed by atoms with E-state index in [0.717, 1.165) is 11.1 Å². The summed E-state index contributed by atoms with van der Waals surface area (Å²) in [6, 6.07) is 9.50. The van der Waals surface area contributed by atoms with Gasteiger partial charge < -0.3 is 24.8 Å². The zero-order valence-electron chi connectivity index (χ0n) is 21.4. The summed E-state index contributed by atoms with van der Waals surface area (Å²) in [5.41, 5.74) is 1.96. The molecule has 10 nitrogen and oxygen atoms in total. The van der Waals surface area contributed by atoms with E-state index in [1.54, 1.807) is 23.6 Å². The zero-order valence-corrected chi connectivity index (χ0v) is 21.4. The molecule has 4 rings (SSSR count). The van der Waals surface area contributed by atoms with Gasteiger partial charge in [0.15, 0.2) is 0 Å². The lowest BCUT2D eigenvalue weighted by Crippen LogP contribution is -2.48. The van der Waals surface area contributed by atoms with E-state index >= 15 is 0 Å². The predicted molar refractivity (Wildman–Crippen MR) is 136 cm³/mol. The van der Waals surface area contributed by atoms with Crippen LogP contribution in [0, 0.1) is 0 Å². The van der Waals surface area contributed by atoms with Gasteiger partial charge in [0.2, 0.25) is 11.9 Å². The SMILES string of the molecule is CCOC(=O)C(CNc1nc(N2CCN(C(C)=O)CC2)nc2c1CN(C(C)C)C2=O)c1ccccc1. The van der Waals surface area contributed by atoms with Gasteiger partial charge in [0.25, 0.3) is 5.91 Å². The smallest absolute Gasteiger partial charge is 0.315 e. The Labute approximate surface area is 211 Å². The highest BCUT2D eigenvalue weighted by Gasteiger charge is 2.35. The number of carbonyl (C=O) groups is 3. The first kappa shape index (κ1) is 25.4. The second-order valence-corrected chi connectivity index (χ2v) is 9.32. The molecule has 0 bridgehead atoms. The van der Waals surface area contributed by atoms with Crippen LogP contribution in [-0.4, -0.2) is 82.9 Å². The van der Waals surface area contributed by atoms with E-state index in [0.29, 0.717) is 56.8 Å². The summed E-state index contributed by atoms with van der Waals surface area (Å²) in [6.07, 6.45) is 0. The minimum Gasteiger partial charge on any atom is -0.465 e. The van der Waals surface area contributed by atoms with Crippen molar-refractivity contribution < 1.29 is 19.1 Å². The maximum atomic E-state index is 13.2. The van der Waals surface area contributed by atoms with Crippen molar-refractivity contribution in [1.82, 2.24) is 19.8 Å². The number of nitrogens with one attached hydrogen (secondary N) is 1. The normalized spacial score (nSPS) is 16.2. The minimum atomic E-state index is -0.530. The third-order valence-corrected chi connectivity index (χ3v) is 6.67. The van der Waals surface area contributed by atoms with Gasteiger partial charge in [-0.3, -0.25) is 14.4 Å². The molecule has 2 aliphatic rings. The lowest BCUT2D eigenvalue weighted by Gasteiger charge is -2.34. The average molecular weight is 495 g/mol. The molecule has 1 fully saturated rings. The number of carbonyl (C=O) groups excluding carboxylic acids is 3. The van der Waals surface area contributed by atoms with Crippen LogP contribution < -0.4 is 10.2 Å². The molecule has 36 heavy (non-hydrogen) atoms. The first-order chi connectivity index (χ1) is 17.3.